The van der Waals surface area contributed by atoms with E-state index in [1.54, 1.807) is 24.3 Å². The summed E-state index contributed by atoms with van der Waals surface area (Å²) in [6.45, 7) is 1.89. The molecule has 0 aliphatic rings. The SMILES string of the molecule is CCc1occc1C(=O)C(C#N)c1cc(Cl)ccc1OC. The van der Waals surface area contributed by atoms with Crippen molar-refractivity contribution in [1.29, 1.82) is 5.26 Å². The zero-order chi connectivity index (χ0) is 15.4. The molecule has 1 heterocycles. The van der Waals surface area contributed by atoms with Crippen molar-refractivity contribution in [3.8, 4) is 11.8 Å². The van der Waals surface area contributed by atoms with Crippen molar-refractivity contribution in [3.63, 3.8) is 0 Å². The van der Waals surface area contributed by atoms with Gasteiger partial charge in [0.1, 0.15) is 17.4 Å². The first-order valence-electron chi connectivity index (χ1n) is 6.46. The van der Waals surface area contributed by atoms with E-state index < -0.39 is 5.92 Å². The summed E-state index contributed by atoms with van der Waals surface area (Å²) in [5, 5.41) is 9.87. The molecule has 0 spiro atoms. The summed E-state index contributed by atoms with van der Waals surface area (Å²) < 4.78 is 10.5. The standard InChI is InChI=1S/C16H14ClNO3/c1-3-14-11(6-7-21-14)16(19)13(9-18)12-8-10(17)4-5-15(12)20-2/h4-8,13H,3H2,1-2H3. The van der Waals surface area contributed by atoms with E-state index in [0.717, 1.165) is 0 Å². The third-order valence-electron chi connectivity index (χ3n) is 3.23. The Kier molecular flexibility index (Phi) is 4.66. The third kappa shape index (κ3) is 2.93. The summed E-state index contributed by atoms with van der Waals surface area (Å²) in [5.74, 6) is -0.271. The summed E-state index contributed by atoms with van der Waals surface area (Å²) in [6.07, 6.45) is 2.04. The van der Waals surface area contributed by atoms with Crippen molar-refractivity contribution < 1.29 is 13.9 Å². The molecule has 0 fully saturated rings. The topological polar surface area (TPSA) is 63.2 Å². The van der Waals surface area contributed by atoms with Gasteiger partial charge < -0.3 is 9.15 Å². The monoisotopic (exact) mass is 303 g/mol. The number of aryl methyl sites for hydroxylation is 1. The fourth-order valence-corrected chi connectivity index (χ4v) is 2.37. The smallest absolute Gasteiger partial charge is 0.188 e. The molecule has 1 atom stereocenters. The third-order valence-corrected chi connectivity index (χ3v) is 3.46. The number of Topliss-reactive ketones (excluding diaryl/α,β-unsaturated/α-hetero) is 1. The van der Waals surface area contributed by atoms with Crippen LogP contribution in [-0.4, -0.2) is 12.9 Å². The van der Waals surface area contributed by atoms with Crippen LogP contribution in [0, 0.1) is 11.3 Å². The molecule has 0 saturated carbocycles. The largest absolute Gasteiger partial charge is 0.496 e. The van der Waals surface area contributed by atoms with Gasteiger partial charge in [-0.3, -0.25) is 4.79 Å². The number of carbonyl (C=O) groups excluding carboxylic acids is 1. The van der Waals surface area contributed by atoms with Crippen LogP contribution >= 0.6 is 11.6 Å². The summed E-state index contributed by atoms with van der Waals surface area (Å²) in [5.41, 5.74) is 0.881. The van der Waals surface area contributed by atoms with Gasteiger partial charge in [-0.1, -0.05) is 18.5 Å². The quantitative estimate of drug-likeness (QED) is 0.783. The van der Waals surface area contributed by atoms with Crippen molar-refractivity contribution in [1.82, 2.24) is 0 Å². The molecule has 0 saturated heterocycles. The molecule has 21 heavy (non-hydrogen) atoms. The first-order chi connectivity index (χ1) is 10.1. The van der Waals surface area contributed by atoms with E-state index in [1.807, 2.05) is 13.0 Å². The second kappa shape index (κ2) is 6.47. The molecule has 2 rings (SSSR count). The highest BCUT2D eigenvalue weighted by Gasteiger charge is 2.27. The van der Waals surface area contributed by atoms with Crippen LogP contribution in [0.4, 0.5) is 0 Å². The fraction of sp³-hybridized carbons (Fsp3) is 0.250. The molecule has 0 aliphatic heterocycles. The number of halogens is 1. The van der Waals surface area contributed by atoms with Gasteiger partial charge in [0.15, 0.2) is 5.78 Å². The number of nitrogens with zero attached hydrogens (tertiary/aromatic N) is 1. The summed E-state index contributed by atoms with van der Waals surface area (Å²) in [7, 11) is 1.49. The van der Waals surface area contributed by atoms with Gasteiger partial charge in [0, 0.05) is 17.0 Å². The molecule has 0 radical (unpaired) electrons. The normalized spacial score (nSPS) is 11.7. The van der Waals surface area contributed by atoms with Crippen molar-refractivity contribution in [3.05, 3.63) is 52.4 Å². The lowest BCUT2D eigenvalue weighted by atomic mass is 9.91. The van der Waals surface area contributed by atoms with E-state index >= 15 is 0 Å². The van der Waals surface area contributed by atoms with E-state index in [4.69, 9.17) is 20.8 Å². The Morgan fingerprint density at radius 3 is 2.86 bits per heavy atom. The molecular weight excluding hydrogens is 290 g/mol. The molecule has 5 heteroatoms. The minimum Gasteiger partial charge on any atom is -0.496 e. The average Bonchev–Trinajstić information content (AvgIpc) is 2.96. The predicted octanol–water partition coefficient (Wildman–Crippen LogP) is 3.99. The van der Waals surface area contributed by atoms with E-state index in [2.05, 4.69) is 0 Å². The Bertz CT molecular complexity index is 700. The molecule has 1 aromatic heterocycles. The lowest BCUT2D eigenvalue weighted by molar-refractivity contribution is 0.0976. The summed E-state index contributed by atoms with van der Waals surface area (Å²) >= 11 is 5.97. The van der Waals surface area contributed by atoms with E-state index in [-0.39, 0.29) is 5.78 Å². The van der Waals surface area contributed by atoms with Crippen LogP contribution in [0.1, 0.15) is 34.5 Å². The molecule has 1 unspecified atom stereocenters. The number of nitriles is 1. The minimum absolute atomic E-state index is 0.316. The molecule has 0 aliphatic carbocycles. The van der Waals surface area contributed by atoms with Crippen molar-refractivity contribution in [2.45, 2.75) is 19.3 Å². The molecule has 0 N–H and O–H groups in total. The molecule has 2 aromatic rings. The van der Waals surface area contributed by atoms with Gasteiger partial charge in [0.2, 0.25) is 0 Å². The highest BCUT2D eigenvalue weighted by molar-refractivity contribution is 6.30. The van der Waals surface area contributed by atoms with Gasteiger partial charge in [-0.05, 0) is 24.3 Å². The summed E-state index contributed by atoms with van der Waals surface area (Å²) in [6, 6.07) is 8.49. The molecule has 4 nitrogen and oxygen atoms in total. The Balaban J connectivity index is 2.48. The van der Waals surface area contributed by atoms with Gasteiger partial charge in [-0.25, -0.2) is 0 Å². The number of ketones is 1. The summed E-state index contributed by atoms with van der Waals surface area (Å²) in [4.78, 5) is 12.6. The van der Waals surface area contributed by atoms with Crippen molar-refractivity contribution in [2.24, 2.45) is 0 Å². The number of carbonyl (C=O) groups is 1. The van der Waals surface area contributed by atoms with Crippen LogP contribution in [0.2, 0.25) is 5.02 Å². The zero-order valence-corrected chi connectivity index (χ0v) is 12.5. The van der Waals surface area contributed by atoms with Crippen molar-refractivity contribution in [2.75, 3.05) is 7.11 Å². The molecule has 0 bridgehead atoms. The Labute approximate surface area is 127 Å². The predicted molar refractivity (Wildman–Crippen MR) is 78.8 cm³/mol. The Morgan fingerprint density at radius 2 is 2.24 bits per heavy atom. The van der Waals surface area contributed by atoms with E-state index in [0.29, 0.717) is 34.1 Å². The second-order valence-corrected chi connectivity index (χ2v) is 4.86. The van der Waals surface area contributed by atoms with Gasteiger partial charge in [0.25, 0.3) is 0 Å². The Hall–Kier alpha value is -2.25. The van der Waals surface area contributed by atoms with E-state index in [9.17, 15) is 10.1 Å². The first-order valence-corrected chi connectivity index (χ1v) is 6.83. The minimum atomic E-state index is -0.985. The van der Waals surface area contributed by atoms with Gasteiger partial charge >= 0.3 is 0 Å². The van der Waals surface area contributed by atoms with Crippen LogP contribution in [0.25, 0.3) is 0 Å². The Morgan fingerprint density at radius 1 is 1.48 bits per heavy atom. The van der Waals surface area contributed by atoms with Gasteiger partial charge in [-0.15, -0.1) is 0 Å². The fourth-order valence-electron chi connectivity index (χ4n) is 2.19. The zero-order valence-electron chi connectivity index (χ0n) is 11.7. The average molecular weight is 304 g/mol. The van der Waals surface area contributed by atoms with Crippen LogP contribution in [0.15, 0.2) is 34.9 Å². The number of hydrogen-bond donors (Lipinski definition) is 0. The lowest BCUT2D eigenvalue weighted by Crippen LogP contribution is -2.13. The number of furan rings is 1. The molecule has 0 amide bonds. The highest BCUT2D eigenvalue weighted by atomic mass is 35.5. The number of hydrogen-bond acceptors (Lipinski definition) is 4. The number of ether oxygens (including phenoxy) is 1. The maximum absolute atomic E-state index is 12.6. The van der Waals surface area contributed by atoms with Crippen LogP contribution in [-0.2, 0) is 6.42 Å². The first kappa shape index (κ1) is 15.1. The van der Waals surface area contributed by atoms with Crippen LogP contribution in [0.5, 0.6) is 5.75 Å². The highest BCUT2D eigenvalue weighted by Crippen LogP contribution is 2.32. The van der Waals surface area contributed by atoms with Gasteiger partial charge in [0.05, 0.1) is 25.0 Å². The van der Waals surface area contributed by atoms with Crippen molar-refractivity contribution >= 4 is 17.4 Å². The van der Waals surface area contributed by atoms with Gasteiger partial charge in [-0.2, -0.15) is 5.26 Å². The maximum Gasteiger partial charge on any atom is 0.188 e. The molecular formula is C16H14ClNO3. The van der Waals surface area contributed by atoms with E-state index in [1.165, 1.54) is 13.4 Å². The number of rotatable bonds is 5. The van der Waals surface area contributed by atoms with Crippen LogP contribution < -0.4 is 4.74 Å². The molecule has 108 valence electrons. The number of methoxy groups -OCH3 is 1. The molecule has 1 aromatic carbocycles. The number of benzene rings is 1. The lowest BCUT2D eigenvalue weighted by Gasteiger charge is -2.13. The maximum atomic E-state index is 12.6. The second-order valence-electron chi connectivity index (χ2n) is 4.42. The van der Waals surface area contributed by atoms with Crippen LogP contribution in [0.3, 0.4) is 0 Å².